The lowest BCUT2D eigenvalue weighted by Crippen LogP contribution is -2.46. The van der Waals surface area contributed by atoms with E-state index < -0.39 is 4.92 Å². The Balaban J connectivity index is 1.82. The molecule has 6 nitrogen and oxygen atoms in total. The second kappa shape index (κ2) is 6.99. The predicted octanol–water partition coefficient (Wildman–Crippen LogP) is 3.75. The number of halogens is 1. The molecule has 25 heavy (non-hydrogen) atoms. The lowest BCUT2D eigenvalue weighted by Gasteiger charge is -2.38. The van der Waals surface area contributed by atoms with Crippen LogP contribution in [0.4, 0.5) is 17.1 Å². The number of benzene rings is 2. The van der Waals surface area contributed by atoms with Crippen LogP contribution >= 0.6 is 11.6 Å². The number of nitrogens with zero attached hydrogens (tertiary/aromatic N) is 4. The fourth-order valence-corrected chi connectivity index (χ4v) is 3.33. The molecule has 1 aliphatic rings. The van der Waals surface area contributed by atoms with E-state index in [1.807, 2.05) is 30.3 Å². The minimum absolute atomic E-state index is 0.00804. The largest absolute Gasteiger partial charge is 0.368 e. The van der Waals surface area contributed by atoms with E-state index in [0.29, 0.717) is 16.1 Å². The summed E-state index contributed by atoms with van der Waals surface area (Å²) in [6.45, 7) is 4.74. The van der Waals surface area contributed by atoms with Gasteiger partial charge in [-0.3, -0.25) is 10.1 Å². The summed E-state index contributed by atoms with van der Waals surface area (Å²) in [6, 6.07) is 12.8. The van der Waals surface area contributed by atoms with Crippen LogP contribution in [0.2, 0.25) is 5.02 Å². The molecule has 7 heteroatoms. The minimum Gasteiger partial charge on any atom is -0.368 e. The molecule has 1 saturated heterocycles. The highest BCUT2D eigenvalue weighted by atomic mass is 35.5. The molecule has 1 heterocycles. The summed E-state index contributed by atoms with van der Waals surface area (Å²) in [5, 5.41) is 21.1. The number of hydrogen-bond donors (Lipinski definition) is 0. The van der Waals surface area contributed by atoms with E-state index in [9.17, 15) is 10.1 Å². The molecule has 0 aliphatic carbocycles. The van der Waals surface area contributed by atoms with Gasteiger partial charge in [-0.2, -0.15) is 5.26 Å². The molecule has 1 fully saturated rings. The van der Waals surface area contributed by atoms with Crippen molar-refractivity contribution in [1.29, 1.82) is 5.26 Å². The van der Waals surface area contributed by atoms with Gasteiger partial charge < -0.3 is 9.80 Å². The number of nitriles is 1. The first-order valence-electron chi connectivity index (χ1n) is 7.94. The third-order valence-electron chi connectivity index (χ3n) is 4.47. The molecular weight excluding hydrogens is 340 g/mol. The Morgan fingerprint density at radius 3 is 2.44 bits per heavy atom. The molecule has 2 aromatic rings. The fourth-order valence-electron chi connectivity index (χ4n) is 3.14. The van der Waals surface area contributed by atoms with Crippen LogP contribution in [0, 0.1) is 28.4 Å². The van der Waals surface area contributed by atoms with Crippen LogP contribution in [-0.4, -0.2) is 31.1 Å². The van der Waals surface area contributed by atoms with Gasteiger partial charge in [0.25, 0.3) is 5.69 Å². The molecule has 0 aromatic heterocycles. The second-order valence-corrected chi connectivity index (χ2v) is 6.40. The number of nitro groups is 1. The van der Waals surface area contributed by atoms with Gasteiger partial charge in [-0.15, -0.1) is 0 Å². The monoisotopic (exact) mass is 356 g/mol. The van der Waals surface area contributed by atoms with Crippen molar-refractivity contribution in [3.8, 4) is 6.07 Å². The van der Waals surface area contributed by atoms with Gasteiger partial charge in [-0.05, 0) is 31.2 Å². The Morgan fingerprint density at radius 1 is 1.16 bits per heavy atom. The SMILES string of the molecule is Cc1c(N2CCN(c3cccc(Cl)c3)CC2)cc(C#N)cc1[N+](=O)[O-]. The summed E-state index contributed by atoms with van der Waals surface area (Å²) in [6.07, 6.45) is 0. The van der Waals surface area contributed by atoms with Crippen LogP contribution in [0.1, 0.15) is 11.1 Å². The fraction of sp³-hybridized carbons (Fsp3) is 0.278. The van der Waals surface area contributed by atoms with E-state index in [4.69, 9.17) is 16.9 Å². The number of anilines is 2. The topological polar surface area (TPSA) is 73.4 Å². The summed E-state index contributed by atoms with van der Waals surface area (Å²) in [5.74, 6) is 0. The van der Waals surface area contributed by atoms with Crippen LogP contribution in [0.15, 0.2) is 36.4 Å². The summed E-state index contributed by atoms with van der Waals surface area (Å²) in [4.78, 5) is 15.2. The number of hydrogen-bond acceptors (Lipinski definition) is 5. The standard InChI is InChI=1S/C18H17ClN4O2/c1-13-17(9-14(12-20)10-18(13)23(24)25)22-7-5-21(6-8-22)16-4-2-3-15(19)11-16/h2-4,9-11H,5-8H2,1H3. The maximum atomic E-state index is 11.3. The van der Waals surface area contributed by atoms with Crippen molar-refractivity contribution < 1.29 is 4.92 Å². The Morgan fingerprint density at radius 2 is 1.84 bits per heavy atom. The van der Waals surface area contributed by atoms with Gasteiger partial charge in [-0.25, -0.2) is 0 Å². The molecule has 0 atom stereocenters. The van der Waals surface area contributed by atoms with E-state index in [1.54, 1.807) is 13.0 Å². The number of nitro benzene ring substituents is 1. The molecule has 128 valence electrons. The quantitative estimate of drug-likeness (QED) is 0.618. The van der Waals surface area contributed by atoms with E-state index in [2.05, 4.69) is 9.80 Å². The first-order chi connectivity index (χ1) is 12.0. The molecule has 0 bridgehead atoms. The Labute approximate surface area is 151 Å². The summed E-state index contributed by atoms with van der Waals surface area (Å²) in [7, 11) is 0. The maximum Gasteiger partial charge on any atom is 0.275 e. The minimum atomic E-state index is -0.429. The molecule has 0 unspecified atom stereocenters. The van der Waals surface area contributed by atoms with Crippen LogP contribution in [0.3, 0.4) is 0 Å². The predicted molar refractivity (Wildman–Crippen MR) is 98.4 cm³/mol. The second-order valence-electron chi connectivity index (χ2n) is 5.96. The van der Waals surface area contributed by atoms with Crippen LogP contribution in [0.25, 0.3) is 0 Å². The third kappa shape index (κ3) is 3.52. The lowest BCUT2D eigenvalue weighted by atomic mass is 10.1. The van der Waals surface area contributed by atoms with Crippen molar-refractivity contribution in [3.05, 3.63) is 62.7 Å². The number of piperazine rings is 1. The normalized spacial score (nSPS) is 14.3. The first kappa shape index (κ1) is 17.1. The lowest BCUT2D eigenvalue weighted by molar-refractivity contribution is -0.385. The smallest absolute Gasteiger partial charge is 0.275 e. The van der Waals surface area contributed by atoms with E-state index in [0.717, 1.165) is 37.6 Å². The maximum absolute atomic E-state index is 11.3. The Bertz CT molecular complexity index is 855. The average molecular weight is 357 g/mol. The van der Waals surface area contributed by atoms with Crippen molar-refractivity contribution in [1.82, 2.24) is 0 Å². The molecule has 0 saturated carbocycles. The first-order valence-corrected chi connectivity index (χ1v) is 8.32. The molecule has 1 aliphatic heterocycles. The average Bonchev–Trinajstić information content (AvgIpc) is 2.62. The summed E-state index contributed by atoms with van der Waals surface area (Å²) < 4.78 is 0. The van der Waals surface area contributed by atoms with Gasteiger partial charge in [0, 0.05) is 48.6 Å². The highest BCUT2D eigenvalue weighted by Crippen LogP contribution is 2.31. The van der Waals surface area contributed by atoms with Crippen LogP contribution in [-0.2, 0) is 0 Å². The molecule has 0 radical (unpaired) electrons. The zero-order valence-electron chi connectivity index (χ0n) is 13.8. The van der Waals surface area contributed by atoms with Gasteiger partial charge in [-0.1, -0.05) is 17.7 Å². The van der Waals surface area contributed by atoms with E-state index in [1.165, 1.54) is 6.07 Å². The van der Waals surface area contributed by atoms with E-state index in [-0.39, 0.29) is 5.69 Å². The third-order valence-corrected chi connectivity index (χ3v) is 4.71. The van der Waals surface area contributed by atoms with Gasteiger partial charge in [0.15, 0.2) is 0 Å². The molecule has 0 N–H and O–H groups in total. The Hall–Kier alpha value is -2.78. The number of rotatable bonds is 3. The highest BCUT2D eigenvalue weighted by Gasteiger charge is 2.23. The summed E-state index contributed by atoms with van der Waals surface area (Å²) >= 11 is 6.06. The van der Waals surface area contributed by atoms with Crippen LogP contribution < -0.4 is 9.80 Å². The molecule has 0 amide bonds. The highest BCUT2D eigenvalue weighted by molar-refractivity contribution is 6.30. The van der Waals surface area contributed by atoms with Crippen molar-refractivity contribution in [2.75, 3.05) is 36.0 Å². The van der Waals surface area contributed by atoms with Crippen molar-refractivity contribution >= 4 is 28.7 Å². The molecule has 0 spiro atoms. The van der Waals surface area contributed by atoms with E-state index >= 15 is 0 Å². The molecule has 3 rings (SSSR count). The molecular formula is C18H17ClN4O2. The van der Waals surface area contributed by atoms with Crippen molar-refractivity contribution in [2.24, 2.45) is 0 Å². The van der Waals surface area contributed by atoms with Gasteiger partial charge in [0.05, 0.1) is 22.1 Å². The zero-order chi connectivity index (χ0) is 18.0. The summed E-state index contributed by atoms with van der Waals surface area (Å²) in [5.41, 5.74) is 2.73. The van der Waals surface area contributed by atoms with Gasteiger partial charge >= 0.3 is 0 Å². The Kier molecular flexibility index (Phi) is 4.77. The van der Waals surface area contributed by atoms with Gasteiger partial charge in [0.2, 0.25) is 0 Å². The van der Waals surface area contributed by atoms with Crippen LogP contribution in [0.5, 0.6) is 0 Å². The zero-order valence-corrected chi connectivity index (χ0v) is 14.5. The van der Waals surface area contributed by atoms with Gasteiger partial charge in [0.1, 0.15) is 0 Å². The van der Waals surface area contributed by atoms with Crippen molar-refractivity contribution in [3.63, 3.8) is 0 Å². The van der Waals surface area contributed by atoms with Crippen molar-refractivity contribution in [2.45, 2.75) is 6.92 Å². The molecule has 2 aromatic carbocycles.